The van der Waals surface area contributed by atoms with E-state index in [0.717, 1.165) is 6.42 Å². The predicted octanol–water partition coefficient (Wildman–Crippen LogP) is 1.45. The Labute approximate surface area is 124 Å². The van der Waals surface area contributed by atoms with Crippen molar-refractivity contribution in [3.05, 3.63) is 18.3 Å². The number of carbonyl (C=O) groups excluding carboxylic acids is 2. The molecule has 21 heavy (non-hydrogen) atoms. The molecule has 0 aliphatic carbocycles. The zero-order chi connectivity index (χ0) is 15.4. The van der Waals surface area contributed by atoms with Crippen molar-refractivity contribution >= 4 is 17.5 Å². The SMILES string of the molecule is CCC(C(=O)N(C)c1cccnc1OC)N1CCCC1=O. The molecule has 1 aromatic rings. The maximum Gasteiger partial charge on any atom is 0.249 e. The topological polar surface area (TPSA) is 62.7 Å². The third-order valence-corrected chi connectivity index (χ3v) is 3.79. The number of likely N-dealkylation sites (N-methyl/N-ethyl adjacent to an activating group) is 1. The van der Waals surface area contributed by atoms with Crippen molar-refractivity contribution in [2.24, 2.45) is 0 Å². The Balaban J connectivity index is 2.22. The molecule has 6 heteroatoms. The summed E-state index contributed by atoms with van der Waals surface area (Å²) < 4.78 is 5.19. The number of anilines is 1. The first kappa shape index (κ1) is 15.3. The number of pyridine rings is 1. The van der Waals surface area contributed by atoms with E-state index in [1.807, 2.05) is 6.92 Å². The van der Waals surface area contributed by atoms with E-state index in [2.05, 4.69) is 4.98 Å². The van der Waals surface area contributed by atoms with Crippen LogP contribution in [0.25, 0.3) is 0 Å². The van der Waals surface area contributed by atoms with Crippen LogP contribution in [0.4, 0.5) is 5.69 Å². The summed E-state index contributed by atoms with van der Waals surface area (Å²) in [6, 6.07) is 3.11. The van der Waals surface area contributed by atoms with Crippen molar-refractivity contribution in [1.82, 2.24) is 9.88 Å². The lowest BCUT2D eigenvalue weighted by atomic mass is 10.1. The Bertz CT molecular complexity index is 533. The van der Waals surface area contributed by atoms with E-state index >= 15 is 0 Å². The highest BCUT2D eigenvalue weighted by atomic mass is 16.5. The van der Waals surface area contributed by atoms with Gasteiger partial charge in [0.15, 0.2) is 0 Å². The molecule has 1 aromatic heterocycles. The van der Waals surface area contributed by atoms with Crippen molar-refractivity contribution < 1.29 is 14.3 Å². The molecule has 1 fully saturated rings. The van der Waals surface area contributed by atoms with Crippen LogP contribution >= 0.6 is 0 Å². The minimum atomic E-state index is -0.421. The molecule has 0 spiro atoms. The molecule has 0 bridgehead atoms. The zero-order valence-corrected chi connectivity index (χ0v) is 12.7. The summed E-state index contributed by atoms with van der Waals surface area (Å²) in [5.74, 6) is 0.344. The quantitative estimate of drug-likeness (QED) is 0.824. The molecule has 1 aliphatic heterocycles. The van der Waals surface area contributed by atoms with Crippen molar-refractivity contribution in [2.45, 2.75) is 32.2 Å². The number of ether oxygens (including phenoxy) is 1. The van der Waals surface area contributed by atoms with Gasteiger partial charge in [0.25, 0.3) is 0 Å². The van der Waals surface area contributed by atoms with E-state index < -0.39 is 6.04 Å². The molecule has 1 saturated heterocycles. The molecular weight excluding hydrogens is 270 g/mol. The Kier molecular flexibility index (Phi) is 4.77. The van der Waals surface area contributed by atoms with E-state index in [9.17, 15) is 9.59 Å². The largest absolute Gasteiger partial charge is 0.480 e. The summed E-state index contributed by atoms with van der Waals surface area (Å²) in [6.45, 7) is 2.57. The van der Waals surface area contributed by atoms with Crippen LogP contribution in [0.3, 0.4) is 0 Å². The number of hydrogen-bond donors (Lipinski definition) is 0. The number of likely N-dealkylation sites (tertiary alicyclic amines) is 1. The molecule has 1 atom stereocenters. The Morgan fingerprint density at radius 3 is 2.90 bits per heavy atom. The van der Waals surface area contributed by atoms with Gasteiger partial charge < -0.3 is 14.5 Å². The minimum Gasteiger partial charge on any atom is -0.480 e. The summed E-state index contributed by atoms with van der Waals surface area (Å²) in [6.07, 6.45) is 3.56. The van der Waals surface area contributed by atoms with Crippen LogP contribution in [0.15, 0.2) is 18.3 Å². The normalized spacial score (nSPS) is 16.0. The highest BCUT2D eigenvalue weighted by Gasteiger charge is 2.34. The molecule has 0 saturated carbocycles. The number of hydrogen-bond acceptors (Lipinski definition) is 4. The number of rotatable bonds is 5. The van der Waals surface area contributed by atoms with Gasteiger partial charge in [-0.1, -0.05) is 6.92 Å². The summed E-state index contributed by atoms with van der Waals surface area (Å²) >= 11 is 0. The van der Waals surface area contributed by atoms with E-state index in [4.69, 9.17) is 4.74 Å². The summed E-state index contributed by atoms with van der Waals surface area (Å²) in [4.78, 5) is 31.9. The van der Waals surface area contributed by atoms with Crippen molar-refractivity contribution in [2.75, 3.05) is 25.6 Å². The number of carbonyl (C=O) groups is 2. The standard InChI is InChI=1S/C15H21N3O3/c1-4-11(18-10-6-8-13(18)19)15(20)17(2)12-7-5-9-16-14(12)21-3/h5,7,9,11H,4,6,8,10H2,1-3H3. The van der Waals surface area contributed by atoms with Gasteiger partial charge in [-0.3, -0.25) is 9.59 Å². The van der Waals surface area contributed by atoms with Crippen LogP contribution in [-0.4, -0.2) is 48.4 Å². The lowest BCUT2D eigenvalue weighted by Gasteiger charge is -2.30. The lowest BCUT2D eigenvalue weighted by Crippen LogP contribution is -2.48. The molecule has 1 unspecified atom stereocenters. The third-order valence-electron chi connectivity index (χ3n) is 3.79. The number of nitrogens with zero attached hydrogens (tertiary/aromatic N) is 3. The maximum absolute atomic E-state index is 12.7. The van der Waals surface area contributed by atoms with Crippen LogP contribution in [0.1, 0.15) is 26.2 Å². The fourth-order valence-electron chi connectivity index (χ4n) is 2.66. The van der Waals surface area contributed by atoms with Crippen LogP contribution < -0.4 is 9.64 Å². The Morgan fingerprint density at radius 1 is 1.57 bits per heavy atom. The molecule has 0 N–H and O–H groups in total. The highest BCUT2D eigenvalue weighted by Crippen LogP contribution is 2.26. The number of methoxy groups -OCH3 is 1. The van der Waals surface area contributed by atoms with Crippen molar-refractivity contribution in [1.29, 1.82) is 0 Å². The summed E-state index contributed by atoms with van der Waals surface area (Å²) in [5, 5.41) is 0. The van der Waals surface area contributed by atoms with Crippen LogP contribution in [0.2, 0.25) is 0 Å². The second kappa shape index (κ2) is 6.56. The number of amides is 2. The van der Waals surface area contributed by atoms with Gasteiger partial charge in [0.05, 0.1) is 7.11 Å². The van der Waals surface area contributed by atoms with Gasteiger partial charge in [-0.2, -0.15) is 0 Å². The van der Waals surface area contributed by atoms with E-state index in [0.29, 0.717) is 31.0 Å². The molecule has 114 valence electrons. The van der Waals surface area contributed by atoms with Gasteiger partial charge in [-0.25, -0.2) is 4.98 Å². The van der Waals surface area contributed by atoms with Gasteiger partial charge in [0.1, 0.15) is 11.7 Å². The molecule has 2 amide bonds. The molecule has 2 rings (SSSR count). The first-order valence-corrected chi connectivity index (χ1v) is 7.16. The predicted molar refractivity (Wildman–Crippen MR) is 79.2 cm³/mol. The fraction of sp³-hybridized carbons (Fsp3) is 0.533. The van der Waals surface area contributed by atoms with E-state index in [1.165, 1.54) is 12.0 Å². The molecule has 0 aromatic carbocycles. The summed E-state index contributed by atoms with van der Waals surface area (Å²) in [5.41, 5.74) is 0.607. The smallest absolute Gasteiger partial charge is 0.249 e. The molecule has 1 aliphatic rings. The first-order chi connectivity index (χ1) is 10.1. The van der Waals surface area contributed by atoms with E-state index in [1.54, 1.807) is 30.3 Å². The monoisotopic (exact) mass is 291 g/mol. The Hall–Kier alpha value is -2.11. The van der Waals surface area contributed by atoms with E-state index in [-0.39, 0.29) is 11.8 Å². The zero-order valence-electron chi connectivity index (χ0n) is 12.7. The second-order valence-corrected chi connectivity index (χ2v) is 5.04. The van der Waals surface area contributed by atoms with Gasteiger partial charge in [-0.15, -0.1) is 0 Å². The Morgan fingerprint density at radius 2 is 2.33 bits per heavy atom. The van der Waals surface area contributed by atoms with Crippen LogP contribution in [-0.2, 0) is 9.59 Å². The van der Waals surface area contributed by atoms with Gasteiger partial charge in [0.2, 0.25) is 17.7 Å². The number of aromatic nitrogens is 1. The van der Waals surface area contributed by atoms with Gasteiger partial charge in [0, 0.05) is 26.2 Å². The summed E-state index contributed by atoms with van der Waals surface area (Å²) in [7, 11) is 3.20. The average molecular weight is 291 g/mol. The average Bonchev–Trinajstić information content (AvgIpc) is 2.93. The molecular formula is C15H21N3O3. The van der Waals surface area contributed by atoms with Gasteiger partial charge >= 0.3 is 0 Å². The fourth-order valence-corrected chi connectivity index (χ4v) is 2.66. The molecule has 0 radical (unpaired) electrons. The minimum absolute atomic E-state index is 0.0572. The van der Waals surface area contributed by atoms with Crippen molar-refractivity contribution in [3.8, 4) is 5.88 Å². The van der Waals surface area contributed by atoms with Gasteiger partial charge in [-0.05, 0) is 25.0 Å². The molecule has 2 heterocycles. The molecule has 6 nitrogen and oxygen atoms in total. The van der Waals surface area contributed by atoms with Crippen LogP contribution in [0, 0.1) is 0 Å². The highest BCUT2D eigenvalue weighted by molar-refractivity contribution is 5.99. The second-order valence-electron chi connectivity index (χ2n) is 5.04. The lowest BCUT2D eigenvalue weighted by molar-refractivity contribution is -0.136. The van der Waals surface area contributed by atoms with Crippen molar-refractivity contribution in [3.63, 3.8) is 0 Å². The maximum atomic E-state index is 12.7. The first-order valence-electron chi connectivity index (χ1n) is 7.16. The third kappa shape index (κ3) is 2.99. The van der Waals surface area contributed by atoms with Crippen LogP contribution in [0.5, 0.6) is 5.88 Å².